The average molecular weight is 348 g/mol. The van der Waals surface area contributed by atoms with Crippen LogP contribution in [0.4, 0.5) is 5.69 Å². The van der Waals surface area contributed by atoms with Crippen LogP contribution in [0.3, 0.4) is 0 Å². The summed E-state index contributed by atoms with van der Waals surface area (Å²) in [4.78, 5) is 25.4. The number of anilines is 1. The van der Waals surface area contributed by atoms with E-state index in [1.165, 1.54) is 9.36 Å². The van der Waals surface area contributed by atoms with Gasteiger partial charge in [-0.2, -0.15) is 5.26 Å². The van der Waals surface area contributed by atoms with Crippen LogP contribution in [0.25, 0.3) is 5.69 Å². The summed E-state index contributed by atoms with van der Waals surface area (Å²) in [6.45, 7) is 3.74. The summed E-state index contributed by atoms with van der Waals surface area (Å²) in [7, 11) is 0. The first-order valence-corrected chi connectivity index (χ1v) is 8.06. The largest absolute Gasteiger partial charge is 0.411 e. The van der Waals surface area contributed by atoms with Crippen molar-refractivity contribution in [3.8, 4) is 11.8 Å². The van der Waals surface area contributed by atoms with Crippen molar-refractivity contribution < 1.29 is 9.48 Å². The van der Waals surface area contributed by atoms with Gasteiger partial charge in [-0.15, -0.1) is 4.68 Å². The summed E-state index contributed by atoms with van der Waals surface area (Å²) >= 11 is 0. The molecule has 3 aromatic rings. The van der Waals surface area contributed by atoms with E-state index in [9.17, 15) is 9.59 Å². The summed E-state index contributed by atoms with van der Waals surface area (Å²) in [5.74, 6) is -0.573. The summed E-state index contributed by atoms with van der Waals surface area (Å²) in [6, 6.07) is 16.5. The highest BCUT2D eigenvalue weighted by atomic mass is 16.2. The lowest BCUT2D eigenvalue weighted by Gasteiger charge is -2.02. The molecule has 0 bridgehead atoms. The van der Waals surface area contributed by atoms with E-state index in [0.29, 0.717) is 11.4 Å². The Morgan fingerprint density at radius 3 is 2.27 bits per heavy atom. The summed E-state index contributed by atoms with van der Waals surface area (Å²) < 4.78 is 2.49. The van der Waals surface area contributed by atoms with Gasteiger partial charge >= 0.3 is 17.2 Å². The van der Waals surface area contributed by atoms with Crippen molar-refractivity contribution in [2.45, 2.75) is 20.4 Å². The van der Waals surface area contributed by atoms with E-state index in [2.05, 4.69) is 10.5 Å². The molecule has 0 saturated carbocycles. The van der Waals surface area contributed by atoms with Crippen molar-refractivity contribution in [1.29, 1.82) is 5.26 Å². The van der Waals surface area contributed by atoms with E-state index in [-0.39, 0.29) is 12.2 Å². The Morgan fingerprint density at radius 1 is 1.12 bits per heavy atom. The quantitative estimate of drug-likeness (QED) is 0.705. The molecular formula is C19H18N5O2+. The maximum absolute atomic E-state index is 12.8. The second-order valence-electron chi connectivity index (χ2n) is 5.99. The third-order valence-corrected chi connectivity index (χ3v) is 3.94. The Balaban J connectivity index is 2.01. The molecule has 7 heteroatoms. The fourth-order valence-corrected chi connectivity index (χ4v) is 2.54. The van der Waals surface area contributed by atoms with Gasteiger partial charge in [0.1, 0.15) is 6.07 Å². The fourth-order valence-electron chi connectivity index (χ4n) is 2.54. The molecule has 1 heterocycles. The van der Waals surface area contributed by atoms with Gasteiger partial charge in [0.25, 0.3) is 0 Å². The first kappa shape index (κ1) is 17.2. The normalized spacial score (nSPS) is 10.3. The van der Waals surface area contributed by atoms with Gasteiger partial charge in [0.2, 0.25) is 0 Å². The number of aromatic nitrogens is 3. The molecule has 0 saturated heterocycles. The highest BCUT2D eigenvalue weighted by molar-refractivity contribution is 6.01. The van der Waals surface area contributed by atoms with Crippen LogP contribution in [0.1, 0.15) is 21.6 Å². The lowest BCUT2D eigenvalue weighted by molar-refractivity contribution is -0.745. The zero-order valence-corrected chi connectivity index (χ0v) is 14.5. The highest BCUT2D eigenvalue weighted by Gasteiger charge is 2.29. The molecule has 7 nitrogen and oxygen atoms in total. The predicted octanol–water partition coefficient (Wildman–Crippen LogP) is 1.85. The Kier molecular flexibility index (Phi) is 4.67. The standard InChI is InChI=1S/C19H17N5O2/c1-13-3-7-15(8-4-13)21-18(25)17-19(26)24(22-23(17)12-11-20)16-9-5-14(2)6-10-16/h3-10H,12H2,1-2H3,(H-,21,22,25,26)/p+1. The zero-order valence-electron chi connectivity index (χ0n) is 14.5. The Morgan fingerprint density at radius 2 is 1.69 bits per heavy atom. The van der Waals surface area contributed by atoms with Crippen LogP contribution in [0.2, 0.25) is 0 Å². The Bertz CT molecular complexity index is 1040. The van der Waals surface area contributed by atoms with Crippen LogP contribution >= 0.6 is 0 Å². The number of H-pyrrole nitrogens is 1. The minimum atomic E-state index is -0.573. The number of hydrogen-bond donors (Lipinski definition) is 2. The summed E-state index contributed by atoms with van der Waals surface area (Å²) in [5.41, 5.74) is 2.62. The van der Waals surface area contributed by atoms with Crippen molar-refractivity contribution in [2.24, 2.45) is 0 Å². The minimum Gasteiger partial charge on any atom is -0.319 e. The van der Waals surface area contributed by atoms with Gasteiger partial charge < -0.3 is 5.32 Å². The molecule has 2 aromatic carbocycles. The van der Waals surface area contributed by atoms with E-state index < -0.39 is 11.5 Å². The molecule has 0 atom stereocenters. The number of nitriles is 1. The zero-order chi connectivity index (χ0) is 18.7. The maximum Gasteiger partial charge on any atom is 0.411 e. The predicted molar refractivity (Wildman–Crippen MR) is 96.1 cm³/mol. The molecule has 0 radical (unpaired) electrons. The average Bonchev–Trinajstić information content (AvgIpc) is 2.94. The molecule has 0 spiro atoms. The Hall–Kier alpha value is -3.66. The summed E-state index contributed by atoms with van der Waals surface area (Å²) in [5, 5.41) is 14.5. The van der Waals surface area contributed by atoms with Crippen LogP contribution in [-0.2, 0) is 6.54 Å². The van der Waals surface area contributed by atoms with Gasteiger partial charge in [-0.25, -0.2) is 4.79 Å². The second-order valence-corrected chi connectivity index (χ2v) is 5.99. The number of hydrogen-bond acceptors (Lipinski definition) is 3. The molecule has 0 aliphatic carbocycles. The SMILES string of the molecule is Cc1ccc(NC(=O)c2c(=O)n(-c3ccc(C)cc3)[nH][n+]2CC#N)cc1. The van der Waals surface area contributed by atoms with Crippen molar-refractivity contribution in [3.63, 3.8) is 0 Å². The number of carbonyl (C=O) groups is 1. The van der Waals surface area contributed by atoms with Crippen LogP contribution in [0.15, 0.2) is 53.3 Å². The van der Waals surface area contributed by atoms with Gasteiger partial charge in [0.15, 0.2) is 12.2 Å². The van der Waals surface area contributed by atoms with Gasteiger partial charge in [-0.05, 0) is 38.1 Å². The molecule has 3 rings (SSSR count). The monoisotopic (exact) mass is 348 g/mol. The van der Waals surface area contributed by atoms with Crippen LogP contribution < -0.4 is 15.6 Å². The number of benzene rings is 2. The van der Waals surface area contributed by atoms with Gasteiger partial charge in [-0.1, -0.05) is 45.3 Å². The molecular weight excluding hydrogens is 330 g/mol. The molecule has 0 aliphatic heterocycles. The van der Waals surface area contributed by atoms with Gasteiger partial charge in [-0.3, -0.25) is 4.79 Å². The molecule has 26 heavy (non-hydrogen) atoms. The van der Waals surface area contributed by atoms with Crippen molar-refractivity contribution >= 4 is 11.6 Å². The number of carbonyl (C=O) groups excluding carboxylic acids is 1. The molecule has 0 unspecified atom stereocenters. The van der Waals surface area contributed by atoms with Crippen molar-refractivity contribution in [2.75, 3.05) is 5.32 Å². The minimum absolute atomic E-state index is 0.132. The molecule has 130 valence electrons. The lowest BCUT2D eigenvalue weighted by atomic mass is 10.2. The van der Waals surface area contributed by atoms with E-state index in [1.54, 1.807) is 24.3 Å². The van der Waals surface area contributed by atoms with E-state index in [0.717, 1.165) is 11.1 Å². The Labute approximate surface area is 150 Å². The number of nitrogens with zero attached hydrogens (tertiary/aromatic N) is 3. The summed E-state index contributed by atoms with van der Waals surface area (Å²) in [6.07, 6.45) is 0. The third kappa shape index (κ3) is 3.39. The number of rotatable bonds is 4. The first-order valence-electron chi connectivity index (χ1n) is 8.06. The van der Waals surface area contributed by atoms with Crippen LogP contribution in [0, 0.1) is 25.2 Å². The van der Waals surface area contributed by atoms with E-state index >= 15 is 0 Å². The molecule has 0 aliphatic rings. The van der Waals surface area contributed by atoms with E-state index in [4.69, 9.17) is 5.26 Å². The molecule has 1 aromatic heterocycles. The fraction of sp³-hybridized carbons (Fsp3) is 0.158. The molecule has 2 N–H and O–H groups in total. The highest BCUT2D eigenvalue weighted by Crippen LogP contribution is 2.10. The van der Waals surface area contributed by atoms with Crippen molar-refractivity contribution in [3.05, 3.63) is 75.7 Å². The van der Waals surface area contributed by atoms with E-state index in [1.807, 2.05) is 44.2 Å². The van der Waals surface area contributed by atoms with Gasteiger partial charge in [0, 0.05) is 5.69 Å². The number of nitrogens with one attached hydrogen (secondary N) is 2. The smallest absolute Gasteiger partial charge is 0.319 e. The molecule has 0 fully saturated rings. The van der Waals surface area contributed by atoms with Crippen LogP contribution in [0.5, 0.6) is 0 Å². The lowest BCUT2D eigenvalue weighted by Crippen LogP contribution is -2.44. The topological polar surface area (TPSA) is 94.6 Å². The second kappa shape index (κ2) is 7.07. The van der Waals surface area contributed by atoms with Crippen molar-refractivity contribution in [1.82, 2.24) is 9.90 Å². The van der Waals surface area contributed by atoms with Gasteiger partial charge in [0.05, 0.1) is 0 Å². The number of aryl methyl sites for hydroxylation is 2. The number of amides is 1. The molecule has 1 amide bonds. The third-order valence-electron chi connectivity index (χ3n) is 3.94. The first-order chi connectivity index (χ1) is 12.5. The number of aromatic amines is 1. The van der Waals surface area contributed by atoms with Crippen LogP contribution in [-0.4, -0.2) is 15.8 Å². The maximum atomic E-state index is 12.8.